The van der Waals surface area contributed by atoms with Gasteiger partial charge in [-0.1, -0.05) is 0 Å². The maximum atomic E-state index is 12.3. The Labute approximate surface area is 76.8 Å². The predicted octanol–water partition coefficient (Wildman–Crippen LogP) is 2.61. The molecule has 0 aliphatic heterocycles. The molecule has 1 aromatic carbocycles. The van der Waals surface area contributed by atoms with Gasteiger partial charge in [-0.2, -0.15) is 0 Å². The average Bonchev–Trinajstić information content (AvgIpc) is 2.08. The number of hydrogen-bond acceptors (Lipinski definition) is 1. The van der Waals surface area contributed by atoms with Crippen molar-refractivity contribution in [1.82, 2.24) is 0 Å². The monoisotopic (exact) mass is 215 g/mol. The van der Waals surface area contributed by atoms with E-state index < -0.39 is 34.8 Å². The molecular weight excluding hydrogens is 213 g/mol. The number of halogens is 5. The lowest BCUT2D eigenvalue weighted by molar-refractivity contribution is 0.382. The molecule has 0 fully saturated rings. The number of nitrogens with two attached hydrogens (primary N) is 1. The molecule has 0 heterocycles. The molecule has 7 heteroatoms. The van der Waals surface area contributed by atoms with Crippen molar-refractivity contribution in [3.63, 3.8) is 0 Å². The summed E-state index contributed by atoms with van der Waals surface area (Å²) in [5.41, 5.74) is 3.19. The van der Waals surface area contributed by atoms with Crippen molar-refractivity contribution in [2.75, 3.05) is 5.73 Å². The number of benzene rings is 1. The van der Waals surface area contributed by atoms with Gasteiger partial charge in [0.1, 0.15) is 5.69 Å². The van der Waals surface area contributed by atoms with Gasteiger partial charge in [0.05, 0.1) is 0 Å². The molecule has 0 aliphatic rings. The highest BCUT2D eigenvalue weighted by molar-refractivity contribution is 7.59. The molecule has 0 saturated carbocycles. The van der Waals surface area contributed by atoms with Crippen LogP contribution in [0.15, 0.2) is 0 Å². The molecule has 0 bridgehead atoms. The minimum absolute atomic E-state index is 0. The Bertz CT molecular complexity index is 235. The molecule has 72 valence electrons. The van der Waals surface area contributed by atoms with Crippen molar-refractivity contribution >= 4 is 19.2 Å². The number of anilines is 1. The normalized spacial score (nSPS) is 9.62. The van der Waals surface area contributed by atoms with Gasteiger partial charge in [-0.15, -0.1) is 0 Å². The van der Waals surface area contributed by atoms with E-state index in [0.29, 0.717) is 0 Å². The standard InChI is InChI=1S/C6H2F5N.S/c7-1-2(8)4(10)6(12)5(11)3(1)9;/h12H2;. The zero-order valence-corrected chi connectivity index (χ0v) is 6.69. The third-order valence-corrected chi connectivity index (χ3v) is 1.24. The Balaban J connectivity index is 0.00000144. The quantitative estimate of drug-likeness (QED) is 0.306. The van der Waals surface area contributed by atoms with Crippen LogP contribution >= 0.6 is 13.5 Å². The van der Waals surface area contributed by atoms with Gasteiger partial charge in [-0.05, 0) is 0 Å². The molecule has 1 aromatic rings. The predicted molar refractivity (Wildman–Crippen MR) is 38.2 cm³/mol. The Kier molecular flexibility index (Phi) is 3.53. The molecule has 0 atom stereocenters. The minimum atomic E-state index is -2.21. The smallest absolute Gasteiger partial charge is 0.200 e. The van der Waals surface area contributed by atoms with Crippen molar-refractivity contribution < 1.29 is 22.0 Å². The molecule has 0 saturated heterocycles. The van der Waals surface area contributed by atoms with Gasteiger partial charge in [0.25, 0.3) is 0 Å². The average molecular weight is 215 g/mol. The Morgan fingerprint density at radius 1 is 0.615 bits per heavy atom. The van der Waals surface area contributed by atoms with Crippen LogP contribution in [0.5, 0.6) is 0 Å². The van der Waals surface area contributed by atoms with E-state index in [9.17, 15) is 22.0 Å². The first kappa shape index (κ1) is 12.0. The van der Waals surface area contributed by atoms with E-state index in [2.05, 4.69) is 5.73 Å². The SMILES string of the molecule is Nc1c(F)c(F)c(F)c(F)c1F.[S]. The van der Waals surface area contributed by atoms with E-state index in [1.165, 1.54) is 0 Å². The third-order valence-electron chi connectivity index (χ3n) is 1.24. The van der Waals surface area contributed by atoms with Crippen LogP contribution in [-0.4, -0.2) is 0 Å². The molecule has 1 nitrogen and oxygen atoms in total. The summed E-state index contributed by atoms with van der Waals surface area (Å²) < 4.78 is 61.1. The second kappa shape index (κ2) is 3.82. The first-order valence-electron chi connectivity index (χ1n) is 2.73. The van der Waals surface area contributed by atoms with E-state index in [4.69, 9.17) is 0 Å². The van der Waals surface area contributed by atoms with E-state index in [-0.39, 0.29) is 13.5 Å². The van der Waals surface area contributed by atoms with Crippen LogP contribution in [0, 0.1) is 29.1 Å². The van der Waals surface area contributed by atoms with Crippen molar-refractivity contribution in [2.24, 2.45) is 0 Å². The molecular formula is C6H2F5NS. The first-order chi connectivity index (χ1) is 5.46. The number of hydrogen-bond donors (Lipinski definition) is 1. The van der Waals surface area contributed by atoms with Gasteiger partial charge in [0.15, 0.2) is 23.3 Å². The summed E-state index contributed by atoms with van der Waals surface area (Å²) >= 11 is 0. The van der Waals surface area contributed by atoms with E-state index in [1.807, 2.05) is 0 Å². The largest absolute Gasteiger partial charge is 0.394 e. The van der Waals surface area contributed by atoms with Gasteiger partial charge >= 0.3 is 0 Å². The molecule has 2 radical (unpaired) electrons. The van der Waals surface area contributed by atoms with E-state index in [0.717, 1.165) is 0 Å². The first-order valence-corrected chi connectivity index (χ1v) is 2.73. The fraction of sp³-hybridized carbons (Fsp3) is 0. The zero-order valence-electron chi connectivity index (χ0n) is 5.88. The minimum Gasteiger partial charge on any atom is -0.394 e. The highest BCUT2D eigenvalue weighted by Crippen LogP contribution is 2.23. The summed E-state index contributed by atoms with van der Waals surface area (Å²) in [5.74, 6) is -10.3. The van der Waals surface area contributed by atoms with Gasteiger partial charge in [0.2, 0.25) is 5.82 Å². The van der Waals surface area contributed by atoms with E-state index in [1.54, 1.807) is 0 Å². The van der Waals surface area contributed by atoms with Crippen LogP contribution in [0.4, 0.5) is 27.6 Å². The number of rotatable bonds is 0. The lowest BCUT2D eigenvalue weighted by atomic mass is 10.2. The van der Waals surface area contributed by atoms with Crippen molar-refractivity contribution in [1.29, 1.82) is 0 Å². The fourth-order valence-corrected chi connectivity index (χ4v) is 0.622. The third kappa shape index (κ3) is 1.69. The molecule has 0 aromatic heterocycles. The van der Waals surface area contributed by atoms with Crippen LogP contribution in [-0.2, 0) is 0 Å². The highest BCUT2D eigenvalue weighted by atomic mass is 32.1. The van der Waals surface area contributed by atoms with Crippen molar-refractivity contribution in [3.8, 4) is 0 Å². The summed E-state index contributed by atoms with van der Waals surface area (Å²) in [7, 11) is 0. The van der Waals surface area contributed by atoms with Gasteiger partial charge < -0.3 is 5.73 Å². The maximum Gasteiger partial charge on any atom is 0.200 e. The Hall–Kier alpha value is -0.980. The summed E-state index contributed by atoms with van der Waals surface area (Å²) in [6.07, 6.45) is 0. The Morgan fingerprint density at radius 3 is 1.15 bits per heavy atom. The molecule has 0 aliphatic carbocycles. The molecule has 0 unspecified atom stereocenters. The van der Waals surface area contributed by atoms with E-state index >= 15 is 0 Å². The van der Waals surface area contributed by atoms with Crippen LogP contribution < -0.4 is 5.73 Å². The van der Waals surface area contributed by atoms with Gasteiger partial charge in [-0.25, -0.2) is 22.0 Å². The second-order valence-electron chi connectivity index (χ2n) is 1.98. The highest BCUT2D eigenvalue weighted by Gasteiger charge is 2.23. The summed E-state index contributed by atoms with van der Waals surface area (Å²) in [6.45, 7) is 0. The molecule has 13 heavy (non-hydrogen) atoms. The molecule has 0 amide bonds. The van der Waals surface area contributed by atoms with Crippen LogP contribution in [0.2, 0.25) is 0 Å². The molecule has 0 spiro atoms. The van der Waals surface area contributed by atoms with Gasteiger partial charge in [-0.3, -0.25) is 0 Å². The lowest BCUT2D eigenvalue weighted by Gasteiger charge is -2.02. The maximum absolute atomic E-state index is 12.3. The number of nitrogen functional groups attached to an aromatic ring is 1. The topological polar surface area (TPSA) is 26.0 Å². The summed E-state index contributed by atoms with van der Waals surface area (Å²) in [4.78, 5) is 0. The van der Waals surface area contributed by atoms with Gasteiger partial charge in [0, 0.05) is 13.5 Å². The van der Waals surface area contributed by atoms with Crippen molar-refractivity contribution in [3.05, 3.63) is 29.1 Å². The molecule has 2 N–H and O–H groups in total. The zero-order chi connectivity index (χ0) is 9.46. The van der Waals surface area contributed by atoms with Crippen LogP contribution in [0.3, 0.4) is 0 Å². The summed E-state index contributed by atoms with van der Waals surface area (Å²) in [5, 5.41) is 0. The van der Waals surface area contributed by atoms with Crippen LogP contribution in [0.1, 0.15) is 0 Å². The van der Waals surface area contributed by atoms with Crippen LogP contribution in [0.25, 0.3) is 0 Å². The second-order valence-corrected chi connectivity index (χ2v) is 1.98. The lowest BCUT2D eigenvalue weighted by Crippen LogP contribution is -2.05. The molecule has 1 rings (SSSR count). The Morgan fingerprint density at radius 2 is 0.846 bits per heavy atom. The summed E-state index contributed by atoms with van der Waals surface area (Å²) in [6, 6.07) is 0. The van der Waals surface area contributed by atoms with Crippen molar-refractivity contribution in [2.45, 2.75) is 0 Å². The fourth-order valence-electron chi connectivity index (χ4n) is 0.622.